The van der Waals surface area contributed by atoms with Crippen LogP contribution in [0.2, 0.25) is 0 Å². The van der Waals surface area contributed by atoms with E-state index >= 15 is 0 Å². The molecular weight excluding hydrogens is 310 g/mol. The minimum absolute atomic E-state index is 0.151. The molecule has 0 spiro atoms. The number of carbonyl (C=O) groups is 2. The van der Waals surface area contributed by atoms with Crippen LogP contribution in [0.5, 0.6) is 5.75 Å². The Balaban J connectivity index is 1.96. The maximum Gasteiger partial charge on any atom is 0.373 e. The predicted molar refractivity (Wildman–Crippen MR) is 87.6 cm³/mol. The molecule has 2 aromatic heterocycles. The first-order valence-electron chi connectivity index (χ1n) is 7.54. The van der Waals surface area contributed by atoms with E-state index in [0.717, 1.165) is 22.9 Å². The summed E-state index contributed by atoms with van der Waals surface area (Å²) in [6.45, 7) is 2.87. The molecule has 3 aromatic rings. The molecule has 0 aliphatic rings. The maximum atomic E-state index is 11.5. The monoisotopic (exact) mass is 327 g/mol. The van der Waals surface area contributed by atoms with Gasteiger partial charge in [-0.25, -0.2) is 4.79 Å². The quantitative estimate of drug-likeness (QED) is 0.513. The molecule has 0 unspecified atom stereocenters. The number of fused-ring (bicyclic) bond motifs is 1. The molecule has 6 heteroatoms. The molecule has 2 heterocycles. The van der Waals surface area contributed by atoms with Gasteiger partial charge in [0.1, 0.15) is 11.5 Å². The van der Waals surface area contributed by atoms with Gasteiger partial charge in [0.15, 0.2) is 6.29 Å². The Hall–Kier alpha value is -3.02. The average Bonchev–Trinajstić information content (AvgIpc) is 3.19. The van der Waals surface area contributed by atoms with Crippen LogP contribution in [0, 0.1) is 0 Å². The van der Waals surface area contributed by atoms with E-state index in [1.807, 2.05) is 29.7 Å². The fraction of sp³-hybridized carbons (Fsp3) is 0.222. The summed E-state index contributed by atoms with van der Waals surface area (Å²) in [4.78, 5) is 22.8. The van der Waals surface area contributed by atoms with Crippen molar-refractivity contribution in [3.8, 4) is 5.75 Å². The molecular formula is C18H17NO5. The molecule has 0 saturated carbocycles. The van der Waals surface area contributed by atoms with Crippen LogP contribution >= 0.6 is 0 Å². The Morgan fingerprint density at radius 2 is 2.12 bits per heavy atom. The number of aldehydes is 1. The summed E-state index contributed by atoms with van der Waals surface area (Å²) < 4.78 is 17.5. The maximum absolute atomic E-state index is 11.5. The standard InChI is InChI=1S/C18H17NO5/c1-3-23-13-4-6-16-15(8-13)12(11-20)9-19(16)10-14-5-7-17(24-14)18(21)22-2/h4-9,11H,3,10H2,1-2H3. The van der Waals surface area contributed by atoms with Crippen molar-refractivity contribution in [2.75, 3.05) is 13.7 Å². The van der Waals surface area contributed by atoms with Crippen LogP contribution in [0.15, 0.2) is 40.9 Å². The van der Waals surface area contributed by atoms with Gasteiger partial charge < -0.3 is 18.5 Å². The third-order valence-corrected chi connectivity index (χ3v) is 3.70. The SMILES string of the molecule is CCOc1ccc2c(c1)c(C=O)cn2Cc1ccc(C(=O)OC)o1. The Bertz CT molecular complexity index is 890. The van der Waals surface area contributed by atoms with Crippen molar-refractivity contribution >= 4 is 23.2 Å². The second-order valence-corrected chi connectivity index (χ2v) is 5.20. The van der Waals surface area contributed by atoms with E-state index in [0.29, 0.717) is 24.5 Å². The van der Waals surface area contributed by atoms with Gasteiger partial charge >= 0.3 is 5.97 Å². The van der Waals surface area contributed by atoms with Crippen molar-refractivity contribution < 1.29 is 23.5 Å². The largest absolute Gasteiger partial charge is 0.494 e. The van der Waals surface area contributed by atoms with Crippen molar-refractivity contribution in [3.05, 3.63) is 53.6 Å². The van der Waals surface area contributed by atoms with Gasteiger partial charge in [-0.15, -0.1) is 0 Å². The van der Waals surface area contributed by atoms with Crippen LogP contribution in [-0.2, 0) is 11.3 Å². The summed E-state index contributed by atoms with van der Waals surface area (Å²) in [5, 5.41) is 0.815. The topological polar surface area (TPSA) is 70.7 Å². The lowest BCUT2D eigenvalue weighted by Gasteiger charge is -2.05. The van der Waals surface area contributed by atoms with Crippen molar-refractivity contribution in [2.45, 2.75) is 13.5 Å². The molecule has 0 saturated heterocycles. The van der Waals surface area contributed by atoms with Gasteiger partial charge in [-0.1, -0.05) is 0 Å². The van der Waals surface area contributed by atoms with Gasteiger partial charge in [0.2, 0.25) is 5.76 Å². The van der Waals surface area contributed by atoms with Gasteiger partial charge in [0, 0.05) is 22.7 Å². The summed E-state index contributed by atoms with van der Waals surface area (Å²) in [5.41, 5.74) is 1.46. The van der Waals surface area contributed by atoms with Crippen LogP contribution in [-0.4, -0.2) is 30.5 Å². The highest BCUT2D eigenvalue weighted by Gasteiger charge is 2.14. The predicted octanol–water partition coefficient (Wildman–Crippen LogP) is 3.28. The van der Waals surface area contributed by atoms with E-state index in [9.17, 15) is 9.59 Å². The Morgan fingerprint density at radius 3 is 2.83 bits per heavy atom. The second-order valence-electron chi connectivity index (χ2n) is 5.20. The molecule has 1 aromatic carbocycles. The number of nitrogens with zero attached hydrogens (tertiary/aromatic N) is 1. The average molecular weight is 327 g/mol. The molecule has 6 nitrogen and oxygen atoms in total. The van der Waals surface area contributed by atoms with Crippen molar-refractivity contribution in [2.24, 2.45) is 0 Å². The second kappa shape index (κ2) is 6.62. The van der Waals surface area contributed by atoms with Crippen LogP contribution in [0.4, 0.5) is 0 Å². The summed E-state index contributed by atoms with van der Waals surface area (Å²) in [7, 11) is 1.30. The minimum atomic E-state index is -0.520. The number of hydrogen-bond acceptors (Lipinski definition) is 5. The fourth-order valence-electron chi connectivity index (χ4n) is 2.63. The summed E-state index contributed by atoms with van der Waals surface area (Å²) >= 11 is 0. The van der Waals surface area contributed by atoms with E-state index in [1.165, 1.54) is 7.11 Å². The zero-order valence-electron chi connectivity index (χ0n) is 13.4. The van der Waals surface area contributed by atoms with Crippen LogP contribution in [0.3, 0.4) is 0 Å². The van der Waals surface area contributed by atoms with E-state index in [4.69, 9.17) is 9.15 Å². The van der Waals surface area contributed by atoms with Crippen molar-refractivity contribution in [1.82, 2.24) is 4.57 Å². The van der Waals surface area contributed by atoms with Gasteiger partial charge in [0.05, 0.1) is 20.3 Å². The molecule has 0 bridgehead atoms. The highest BCUT2D eigenvalue weighted by molar-refractivity contribution is 5.98. The first-order chi connectivity index (χ1) is 11.7. The first-order valence-corrected chi connectivity index (χ1v) is 7.54. The van der Waals surface area contributed by atoms with E-state index in [2.05, 4.69) is 4.74 Å². The number of hydrogen-bond donors (Lipinski definition) is 0. The van der Waals surface area contributed by atoms with E-state index in [1.54, 1.807) is 18.3 Å². The number of methoxy groups -OCH3 is 1. The van der Waals surface area contributed by atoms with E-state index < -0.39 is 5.97 Å². The lowest BCUT2D eigenvalue weighted by molar-refractivity contribution is 0.0563. The number of rotatable bonds is 6. The zero-order valence-corrected chi connectivity index (χ0v) is 13.4. The van der Waals surface area contributed by atoms with Gasteiger partial charge in [-0.05, 0) is 37.3 Å². The number of aromatic nitrogens is 1. The van der Waals surface area contributed by atoms with Crippen LogP contribution in [0.1, 0.15) is 33.6 Å². The Morgan fingerprint density at radius 1 is 1.29 bits per heavy atom. The summed E-state index contributed by atoms with van der Waals surface area (Å²) in [6.07, 6.45) is 2.57. The number of esters is 1. The summed E-state index contributed by atoms with van der Waals surface area (Å²) in [6, 6.07) is 8.89. The molecule has 0 fully saturated rings. The highest BCUT2D eigenvalue weighted by atomic mass is 16.5. The third kappa shape index (κ3) is 2.90. The number of ether oxygens (including phenoxy) is 2. The Kier molecular flexibility index (Phi) is 4.37. The van der Waals surface area contributed by atoms with Crippen molar-refractivity contribution in [1.29, 1.82) is 0 Å². The zero-order chi connectivity index (χ0) is 17.1. The summed E-state index contributed by atoms with van der Waals surface area (Å²) in [5.74, 6) is 0.946. The molecule has 0 aliphatic carbocycles. The van der Waals surface area contributed by atoms with Crippen molar-refractivity contribution in [3.63, 3.8) is 0 Å². The van der Waals surface area contributed by atoms with Crippen LogP contribution < -0.4 is 4.74 Å². The van der Waals surface area contributed by atoms with E-state index in [-0.39, 0.29) is 5.76 Å². The van der Waals surface area contributed by atoms with Gasteiger partial charge in [-0.3, -0.25) is 4.79 Å². The Labute approximate surface area is 138 Å². The fourth-order valence-corrected chi connectivity index (χ4v) is 2.63. The third-order valence-electron chi connectivity index (χ3n) is 3.70. The lowest BCUT2D eigenvalue weighted by Crippen LogP contribution is -1.99. The molecule has 0 atom stereocenters. The highest BCUT2D eigenvalue weighted by Crippen LogP contribution is 2.26. The first kappa shape index (κ1) is 15.9. The van der Waals surface area contributed by atoms with Gasteiger partial charge in [-0.2, -0.15) is 0 Å². The molecule has 0 N–H and O–H groups in total. The molecule has 0 amide bonds. The normalized spacial score (nSPS) is 10.8. The smallest absolute Gasteiger partial charge is 0.373 e. The number of benzene rings is 1. The number of carbonyl (C=O) groups excluding carboxylic acids is 2. The molecule has 3 rings (SSSR count). The molecule has 0 aliphatic heterocycles. The lowest BCUT2D eigenvalue weighted by atomic mass is 10.2. The number of furan rings is 1. The van der Waals surface area contributed by atoms with Gasteiger partial charge in [0.25, 0.3) is 0 Å². The molecule has 0 radical (unpaired) electrons. The van der Waals surface area contributed by atoms with Crippen LogP contribution in [0.25, 0.3) is 10.9 Å². The molecule has 124 valence electrons. The minimum Gasteiger partial charge on any atom is -0.494 e. The molecule has 24 heavy (non-hydrogen) atoms.